The average molecular weight is 380 g/mol. The fraction of sp³-hybridized carbons (Fsp3) is 0.842. The normalized spacial score (nSPS) is 10.2. The summed E-state index contributed by atoms with van der Waals surface area (Å²) >= 11 is 0. The van der Waals surface area contributed by atoms with Crippen LogP contribution < -0.4 is 4.70 Å². The minimum atomic E-state index is -3.67. The topological polar surface area (TPSA) is 23.8 Å². The van der Waals surface area contributed by atoms with E-state index in [0.29, 0.717) is 0 Å². The van der Waals surface area contributed by atoms with Crippen molar-refractivity contribution in [1.82, 2.24) is 0 Å². The number of nitriles is 1. The van der Waals surface area contributed by atoms with Crippen molar-refractivity contribution in [2.75, 3.05) is 26.7 Å². The standard InChI is InChI=1S/C19H37N2.BF3.FH/c1-5-7-9-11-13-15-21(4,18-19(3)17-20)16-14-12-10-8-6-2;2-1(3)4;/h3,5-16,18H2,1-2,4H3;;1H/q+1;;/p-1. The second-order valence-corrected chi connectivity index (χ2v) is 7.02. The SMILES string of the molecule is C=C(C#N)C[N+](C)(CCCCCCC)CCCCCCC.FB(F)F.[F-]. The molecule has 0 aliphatic carbocycles. The van der Waals surface area contributed by atoms with Gasteiger partial charge >= 0.3 is 7.54 Å². The lowest BCUT2D eigenvalue weighted by molar-refractivity contribution is -0.905. The smallest absolute Gasteiger partial charge is 0.762 e. The van der Waals surface area contributed by atoms with E-state index in [0.717, 1.165) is 16.6 Å². The molecule has 0 saturated heterocycles. The third kappa shape index (κ3) is 23.0. The zero-order valence-electron chi connectivity index (χ0n) is 16.9. The highest BCUT2D eigenvalue weighted by Gasteiger charge is 2.21. The van der Waals surface area contributed by atoms with Crippen molar-refractivity contribution in [3.8, 4) is 6.07 Å². The van der Waals surface area contributed by atoms with Crippen molar-refractivity contribution in [3.05, 3.63) is 12.2 Å². The molecule has 0 fully saturated rings. The first-order valence-electron chi connectivity index (χ1n) is 9.65. The first-order chi connectivity index (χ1) is 11.8. The molecule has 0 N–H and O–H groups in total. The molecule has 0 aliphatic rings. The Balaban J connectivity index is -0.000000951. The van der Waals surface area contributed by atoms with Crippen LogP contribution in [0.3, 0.4) is 0 Å². The van der Waals surface area contributed by atoms with Crippen LogP contribution in [0, 0.1) is 11.3 Å². The summed E-state index contributed by atoms with van der Waals surface area (Å²) < 4.78 is 30.0. The van der Waals surface area contributed by atoms with E-state index in [1.165, 1.54) is 77.3 Å². The lowest BCUT2D eigenvalue weighted by atomic mass is 10.1. The predicted octanol–water partition coefficient (Wildman–Crippen LogP) is 3.34. The Bertz CT molecular complexity index is 343. The highest BCUT2D eigenvalue weighted by Crippen LogP contribution is 2.14. The number of likely N-dealkylation sites (N-methyl/N-ethyl adjacent to an activating group) is 1. The van der Waals surface area contributed by atoms with Crippen LogP contribution in [0.15, 0.2) is 12.2 Å². The van der Waals surface area contributed by atoms with Gasteiger partial charge in [-0.2, -0.15) is 5.26 Å². The highest BCUT2D eigenvalue weighted by molar-refractivity contribution is 6.33. The van der Waals surface area contributed by atoms with Crippen molar-refractivity contribution in [2.24, 2.45) is 0 Å². The Hall–Kier alpha value is -1.03. The van der Waals surface area contributed by atoms with Crippen LogP contribution in [0.5, 0.6) is 0 Å². The molecular formula is C19H37BF4N2. The molecule has 0 atom stereocenters. The Morgan fingerprint density at radius 1 is 0.885 bits per heavy atom. The van der Waals surface area contributed by atoms with E-state index in [1.54, 1.807) is 0 Å². The summed E-state index contributed by atoms with van der Waals surface area (Å²) in [7, 11) is -1.36. The summed E-state index contributed by atoms with van der Waals surface area (Å²) in [6, 6.07) is 2.23. The van der Waals surface area contributed by atoms with Crippen LogP contribution in [-0.2, 0) is 0 Å². The van der Waals surface area contributed by atoms with Gasteiger partial charge in [0.15, 0.2) is 0 Å². The minimum absolute atomic E-state index is 0. The molecule has 0 aromatic carbocycles. The van der Waals surface area contributed by atoms with E-state index >= 15 is 0 Å². The van der Waals surface area contributed by atoms with Gasteiger partial charge in [0.25, 0.3) is 0 Å². The second kappa shape index (κ2) is 20.3. The third-order valence-corrected chi connectivity index (χ3v) is 4.33. The van der Waals surface area contributed by atoms with Crippen molar-refractivity contribution in [2.45, 2.75) is 78.1 Å². The first-order valence-corrected chi connectivity index (χ1v) is 9.65. The van der Waals surface area contributed by atoms with Crippen molar-refractivity contribution < 1.29 is 22.1 Å². The van der Waals surface area contributed by atoms with Gasteiger partial charge in [-0.3, -0.25) is 12.9 Å². The summed E-state index contributed by atoms with van der Waals surface area (Å²) in [5.41, 5.74) is 0.736. The van der Waals surface area contributed by atoms with Gasteiger partial charge in [0.05, 0.1) is 31.8 Å². The van der Waals surface area contributed by atoms with E-state index in [-0.39, 0.29) is 4.70 Å². The lowest BCUT2D eigenvalue weighted by Gasteiger charge is -2.34. The number of halogens is 4. The summed E-state index contributed by atoms with van der Waals surface area (Å²) in [6.07, 6.45) is 13.2. The van der Waals surface area contributed by atoms with Crippen molar-refractivity contribution >= 4 is 7.54 Å². The second-order valence-electron chi connectivity index (χ2n) is 7.02. The van der Waals surface area contributed by atoms with Crippen LogP contribution in [-0.4, -0.2) is 38.7 Å². The van der Waals surface area contributed by atoms with E-state index in [4.69, 9.17) is 5.26 Å². The van der Waals surface area contributed by atoms with Gasteiger partial charge in [0, 0.05) is 0 Å². The summed E-state index contributed by atoms with van der Waals surface area (Å²) in [5, 5.41) is 9.02. The van der Waals surface area contributed by atoms with Gasteiger partial charge in [-0.15, -0.1) is 0 Å². The molecule has 26 heavy (non-hydrogen) atoms. The van der Waals surface area contributed by atoms with E-state index in [2.05, 4.69) is 33.5 Å². The van der Waals surface area contributed by atoms with Gasteiger partial charge in [-0.25, -0.2) is 0 Å². The largest absolute Gasteiger partial charge is 1.00 e. The number of unbranched alkanes of at least 4 members (excludes halogenated alkanes) is 8. The maximum atomic E-state index is 9.67. The maximum absolute atomic E-state index is 9.67. The minimum Gasteiger partial charge on any atom is -1.00 e. The van der Waals surface area contributed by atoms with Gasteiger partial charge in [0.1, 0.15) is 6.54 Å². The average Bonchev–Trinajstić information content (AvgIpc) is 2.54. The molecular weight excluding hydrogens is 343 g/mol. The number of nitrogens with zero attached hydrogens (tertiary/aromatic N) is 2. The molecule has 2 nitrogen and oxygen atoms in total. The fourth-order valence-electron chi connectivity index (χ4n) is 2.96. The van der Waals surface area contributed by atoms with Crippen LogP contribution in [0.25, 0.3) is 0 Å². The molecule has 0 heterocycles. The van der Waals surface area contributed by atoms with Crippen LogP contribution in [0.2, 0.25) is 0 Å². The molecule has 0 unspecified atom stereocenters. The molecule has 0 spiro atoms. The van der Waals surface area contributed by atoms with Crippen molar-refractivity contribution in [3.63, 3.8) is 0 Å². The summed E-state index contributed by atoms with van der Waals surface area (Å²) in [6.45, 7) is 11.6. The summed E-state index contributed by atoms with van der Waals surface area (Å²) in [4.78, 5) is 0. The van der Waals surface area contributed by atoms with Crippen LogP contribution >= 0.6 is 0 Å². The van der Waals surface area contributed by atoms with E-state index in [9.17, 15) is 12.9 Å². The number of hydrogen-bond donors (Lipinski definition) is 0. The number of hydrogen-bond acceptors (Lipinski definition) is 1. The third-order valence-electron chi connectivity index (χ3n) is 4.33. The van der Waals surface area contributed by atoms with E-state index < -0.39 is 7.54 Å². The van der Waals surface area contributed by atoms with Crippen LogP contribution in [0.1, 0.15) is 78.1 Å². The zero-order chi connectivity index (χ0) is 19.6. The Kier molecular flexibility index (Phi) is 23.2. The Morgan fingerprint density at radius 3 is 1.54 bits per heavy atom. The monoisotopic (exact) mass is 380 g/mol. The molecule has 0 amide bonds. The van der Waals surface area contributed by atoms with Gasteiger partial charge < -0.3 is 9.19 Å². The summed E-state index contributed by atoms with van der Waals surface area (Å²) in [5.74, 6) is 0. The van der Waals surface area contributed by atoms with Gasteiger partial charge in [0.2, 0.25) is 0 Å². The number of rotatable bonds is 14. The quantitative estimate of drug-likeness (QED) is 0.149. The lowest BCUT2D eigenvalue weighted by Crippen LogP contribution is -3.00. The highest BCUT2D eigenvalue weighted by atomic mass is 19.4. The van der Waals surface area contributed by atoms with Gasteiger partial charge in [-0.05, 0) is 25.7 Å². The molecule has 0 saturated carbocycles. The molecule has 7 heteroatoms. The fourth-order valence-corrected chi connectivity index (χ4v) is 2.96. The molecule has 0 radical (unpaired) electrons. The molecule has 154 valence electrons. The molecule has 0 rings (SSSR count). The van der Waals surface area contributed by atoms with Crippen LogP contribution in [0.4, 0.5) is 12.9 Å². The first kappa shape index (κ1) is 29.7. The number of quaternary nitrogens is 1. The maximum Gasteiger partial charge on any atom is 0.762 e. The molecule has 0 aromatic heterocycles. The van der Waals surface area contributed by atoms with E-state index in [1.807, 2.05) is 0 Å². The van der Waals surface area contributed by atoms with Gasteiger partial charge in [-0.1, -0.05) is 59.0 Å². The van der Waals surface area contributed by atoms with Crippen molar-refractivity contribution in [1.29, 1.82) is 5.26 Å². The molecule has 0 bridgehead atoms. The Morgan fingerprint density at radius 2 is 1.23 bits per heavy atom. The molecule has 0 aliphatic heterocycles. The Labute approximate surface area is 158 Å². The zero-order valence-corrected chi connectivity index (χ0v) is 16.9. The molecule has 0 aromatic rings. The predicted molar refractivity (Wildman–Crippen MR) is 102 cm³/mol.